The maximum atomic E-state index is 12.4. The van der Waals surface area contributed by atoms with Gasteiger partial charge in [0.25, 0.3) is 0 Å². The molecule has 0 bridgehead atoms. The molecule has 1 N–H and O–H groups in total. The summed E-state index contributed by atoms with van der Waals surface area (Å²) in [5.41, 5.74) is 2.56. The van der Waals surface area contributed by atoms with E-state index < -0.39 is 15.6 Å². The molecule has 0 amide bonds. The van der Waals surface area contributed by atoms with Gasteiger partial charge in [0.05, 0.1) is 35.0 Å². The van der Waals surface area contributed by atoms with E-state index >= 15 is 0 Å². The number of nitrogens with one attached hydrogen (secondary N) is 1. The highest BCUT2D eigenvalue weighted by Crippen LogP contribution is 2.42. The molecule has 4 aromatic rings. The molecule has 158 valence electrons. The van der Waals surface area contributed by atoms with E-state index in [0.717, 1.165) is 33.2 Å². The number of benzene rings is 1. The second-order valence-corrected chi connectivity index (χ2v) is 10.5. The molecule has 0 aliphatic carbocycles. The number of aromatic amines is 1. The number of hydrogen-bond donors (Lipinski definition) is 1. The lowest BCUT2D eigenvalue weighted by Gasteiger charge is -2.49. The second kappa shape index (κ2) is 7.05. The van der Waals surface area contributed by atoms with Crippen molar-refractivity contribution in [1.82, 2.24) is 23.8 Å². The quantitative estimate of drug-likeness (QED) is 0.496. The monoisotopic (exact) mass is 454 g/mol. The fraction of sp³-hybridized carbons (Fsp3) is 0.286. The van der Waals surface area contributed by atoms with E-state index in [-0.39, 0.29) is 25.3 Å². The molecular formula is C21H19ClN6O2S. The third-order valence-corrected chi connectivity index (χ3v) is 8.01. The van der Waals surface area contributed by atoms with Crippen LogP contribution in [0.2, 0.25) is 5.02 Å². The van der Waals surface area contributed by atoms with E-state index in [9.17, 15) is 13.7 Å². The largest absolute Gasteiger partial charge is 0.346 e. The molecule has 1 saturated heterocycles. The first-order valence-electron chi connectivity index (χ1n) is 9.83. The van der Waals surface area contributed by atoms with Crippen molar-refractivity contribution >= 4 is 43.6 Å². The first-order valence-corrected chi connectivity index (χ1v) is 11.8. The highest BCUT2D eigenvalue weighted by Gasteiger charge is 2.49. The van der Waals surface area contributed by atoms with Crippen molar-refractivity contribution in [2.75, 3.05) is 18.8 Å². The standard InChI is InChI=1S/C21H19ClN6O2S/c1-2-31(29,30)27-11-21(12-27,6-7-23)28-10-17(15-4-3-14(22)9-18(15)28)19-16-5-8-24-20(16)26-13-25-19/h3-5,8-10,13H,2,6,11-12H2,1H3,(H,24,25,26). The van der Waals surface area contributed by atoms with Crippen LogP contribution in [0.1, 0.15) is 13.3 Å². The van der Waals surface area contributed by atoms with Crippen LogP contribution < -0.4 is 0 Å². The van der Waals surface area contributed by atoms with Crippen molar-refractivity contribution < 1.29 is 8.42 Å². The molecule has 0 spiro atoms. The van der Waals surface area contributed by atoms with E-state index in [1.54, 1.807) is 6.92 Å². The summed E-state index contributed by atoms with van der Waals surface area (Å²) in [5.74, 6) is 0.0333. The van der Waals surface area contributed by atoms with E-state index in [0.29, 0.717) is 5.02 Å². The molecule has 10 heteroatoms. The number of halogens is 1. The van der Waals surface area contributed by atoms with E-state index in [1.165, 1.54) is 10.6 Å². The number of nitriles is 1. The number of H-pyrrole nitrogens is 1. The summed E-state index contributed by atoms with van der Waals surface area (Å²) >= 11 is 6.32. The minimum absolute atomic E-state index is 0.0333. The van der Waals surface area contributed by atoms with E-state index in [2.05, 4.69) is 21.0 Å². The normalized spacial score (nSPS) is 16.4. The van der Waals surface area contributed by atoms with E-state index in [1.807, 2.05) is 41.2 Å². The van der Waals surface area contributed by atoms with Crippen LogP contribution in [0.5, 0.6) is 0 Å². The average molecular weight is 455 g/mol. The number of aromatic nitrogens is 4. The van der Waals surface area contributed by atoms with Crippen LogP contribution >= 0.6 is 11.6 Å². The lowest BCUT2D eigenvalue weighted by Crippen LogP contribution is -2.64. The Hall–Kier alpha value is -2.93. The van der Waals surface area contributed by atoms with Gasteiger partial charge in [0, 0.05) is 46.8 Å². The highest BCUT2D eigenvalue weighted by atomic mass is 35.5. The summed E-state index contributed by atoms with van der Waals surface area (Å²) in [6.45, 7) is 2.12. The molecular weight excluding hydrogens is 436 g/mol. The number of rotatable bonds is 5. The summed E-state index contributed by atoms with van der Waals surface area (Å²) < 4.78 is 28.2. The Morgan fingerprint density at radius 3 is 2.81 bits per heavy atom. The number of fused-ring (bicyclic) bond motifs is 2. The lowest BCUT2D eigenvalue weighted by molar-refractivity contribution is 0.0893. The van der Waals surface area contributed by atoms with Crippen molar-refractivity contribution in [3.05, 3.63) is 48.0 Å². The van der Waals surface area contributed by atoms with Gasteiger partial charge in [0.15, 0.2) is 0 Å². The van der Waals surface area contributed by atoms with Gasteiger partial charge in [0.2, 0.25) is 10.0 Å². The van der Waals surface area contributed by atoms with Gasteiger partial charge in [0.1, 0.15) is 12.0 Å². The van der Waals surface area contributed by atoms with Crippen LogP contribution in [-0.2, 0) is 15.6 Å². The van der Waals surface area contributed by atoms with Gasteiger partial charge in [-0.3, -0.25) is 0 Å². The molecule has 3 aromatic heterocycles. The van der Waals surface area contributed by atoms with Gasteiger partial charge >= 0.3 is 0 Å². The molecule has 1 aliphatic rings. The summed E-state index contributed by atoms with van der Waals surface area (Å²) in [6.07, 6.45) is 5.47. The zero-order valence-corrected chi connectivity index (χ0v) is 18.3. The fourth-order valence-corrected chi connectivity index (χ4v) is 5.76. The van der Waals surface area contributed by atoms with Crippen molar-refractivity contribution in [3.8, 4) is 17.3 Å². The zero-order chi connectivity index (χ0) is 21.8. The summed E-state index contributed by atoms with van der Waals surface area (Å²) in [6, 6.07) is 9.78. The van der Waals surface area contributed by atoms with Crippen LogP contribution in [-0.4, -0.2) is 51.1 Å². The molecule has 0 unspecified atom stereocenters. The third kappa shape index (κ3) is 3.02. The number of sulfonamides is 1. The van der Waals surface area contributed by atoms with Gasteiger partial charge < -0.3 is 9.55 Å². The third-order valence-electron chi connectivity index (χ3n) is 6.00. The maximum absolute atomic E-state index is 12.4. The summed E-state index contributed by atoms with van der Waals surface area (Å²) in [7, 11) is -3.33. The topological polar surface area (TPSA) is 108 Å². The van der Waals surface area contributed by atoms with Gasteiger partial charge in [-0.1, -0.05) is 17.7 Å². The predicted octanol–water partition coefficient (Wildman–Crippen LogP) is 3.51. The Labute approximate surface area is 184 Å². The lowest BCUT2D eigenvalue weighted by atomic mass is 9.88. The minimum Gasteiger partial charge on any atom is -0.346 e. The average Bonchev–Trinajstić information content (AvgIpc) is 3.35. The molecule has 5 rings (SSSR count). The molecule has 8 nitrogen and oxygen atoms in total. The van der Waals surface area contributed by atoms with Crippen molar-refractivity contribution in [1.29, 1.82) is 5.26 Å². The highest BCUT2D eigenvalue weighted by molar-refractivity contribution is 7.89. The molecule has 31 heavy (non-hydrogen) atoms. The van der Waals surface area contributed by atoms with Crippen LogP contribution in [0.15, 0.2) is 43.0 Å². The zero-order valence-electron chi connectivity index (χ0n) is 16.7. The number of nitrogens with zero attached hydrogens (tertiary/aromatic N) is 5. The number of hydrogen-bond acceptors (Lipinski definition) is 5. The van der Waals surface area contributed by atoms with Crippen LogP contribution in [0.25, 0.3) is 33.2 Å². The Kier molecular flexibility index (Phi) is 4.55. The van der Waals surface area contributed by atoms with Crippen molar-refractivity contribution in [3.63, 3.8) is 0 Å². The smallest absolute Gasteiger partial charge is 0.213 e. The SMILES string of the molecule is CCS(=O)(=O)N1CC(CC#N)(n2cc(-c3ncnc4[nH]ccc34)c3ccc(Cl)cc32)C1. The summed E-state index contributed by atoms with van der Waals surface area (Å²) in [5, 5.41) is 11.9. The molecule has 1 aromatic carbocycles. The predicted molar refractivity (Wildman–Crippen MR) is 119 cm³/mol. The molecule has 1 fully saturated rings. The fourth-order valence-electron chi connectivity index (χ4n) is 4.35. The van der Waals surface area contributed by atoms with Crippen molar-refractivity contribution in [2.24, 2.45) is 0 Å². The Bertz CT molecular complexity index is 1460. The Balaban J connectivity index is 1.72. The Morgan fingerprint density at radius 2 is 2.06 bits per heavy atom. The Morgan fingerprint density at radius 1 is 1.26 bits per heavy atom. The molecule has 0 saturated carbocycles. The van der Waals surface area contributed by atoms with Crippen molar-refractivity contribution in [2.45, 2.75) is 18.9 Å². The maximum Gasteiger partial charge on any atom is 0.213 e. The van der Waals surface area contributed by atoms with Gasteiger partial charge in [-0.05, 0) is 25.1 Å². The summed E-state index contributed by atoms with van der Waals surface area (Å²) in [4.78, 5) is 11.9. The first-order chi connectivity index (χ1) is 14.9. The molecule has 1 aliphatic heterocycles. The molecule has 4 heterocycles. The molecule has 0 radical (unpaired) electrons. The van der Waals surface area contributed by atoms with Crippen LogP contribution in [0, 0.1) is 11.3 Å². The van der Waals surface area contributed by atoms with Gasteiger partial charge in [-0.2, -0.15) is 9.57 Å². The van der Waals surface area contributed by atoms with Crippen LogP contribution in [0.3, 0.4) is 0 Å². The van der Waals surface area contributed by atoms with Crippen LogP contribution in [0.4, 0.5) is 0 Å². The van der Waals surface area contributed by atoms with E-state index in [4.69, 9.17) is 11.6 Å². The van der Waals surface area contributed by atoms with Gasteiger partial charge in [-0.15, -0.1) is 0 Å². The molecule has 0 atom stereocenters. The van der Waals surface area contributed by atoms with Gasteiger partial charge in [-0.25, -0.2) is 18.4 Å². The second-order valence-electron chi connectivity index (χ2n) is 7.76. The first kappa shape index (κ1) is 20.0. The minimum atomic E-state index is -3.33.